The van der Waals surface area contributed by atoms with Gasteiger partial charge in [-0.2, -0.15) is 12.8 Å². The van der Waals surface area contributed by atoms with Gasteiger partial charge in [0.1, 0.15) is 5.75 Å². The molecule has 1 aliphatic carbocycles. The van der Waals surface area contributed by atoms with E-state index in [0.29, 0.717) is 5.56 Å². The molecule has 0 atom stereocenters. The molecule has 1 fully saturated rings. The maximum Gasteiger partial charge on any atom is 1.00 e. The predicted molar refractivity (Wildman–Crippen MR) is 132 cm³/mol. The van der Waals surface area contributed by atoms with Crippen molar-refractivity contribution in [2.24, 2.45) is 5.92 Å². The first-order valence-electron chi connectivity index (χ1n) is 11.2. The first-order chi connectivity index (χ1) is 15.4. The van der Waals surface area contributed by atoms with Crippen LogP contribution < -0.4 is 61.4 Å². The molecule has 1 saturated carbocycles. The summed E-state index contributed by atoms with van der Waals surface area (Å²) in [7, 11) is 1.67. The number of carbonyl (C=O) groups excluding carboxylic acids is 2. The van der Waals surface area contributed by atoms with Crippen molar-refractivity contribution in [1.82, 2.24) is 0 Å². The van der Waals surface area contributed by atoms with E-state index in [-0.39, 0.29) is 63.2 Å². The average molecular weight is 472 g/mol. The van der Waals surface area contributed by atoms with E-state index in [1.165, 1.54) is 5.57 Å². The Morgan fingerprint density at radius 2 is 1.97 bits per heavy atom. The second-order valence-corrected chi connectivity index (χ2v) is 8.13. The van der Waals surface area contributed by atoms with Crippen LogP contribution in [0.4, 0.5) is 5.69 Å². The van der Waals surface area contributed by atoms with E-state index in [1.807, 2.05) is 43.5 Å². The second-order valence-electron chi connectivity index (χ2n) is 8.13. The van der Waals surface area contributed by atoms with E-state index >= 15 is 0 Å². The van der Waals surface area contributed by atoms with Crippen molar-refractivity contribution in [3.63, 3.8) is 0 Å². The molecule has 0 aliphatic heterocycles. The fourth-order valence-corrected chi connectivity index (χ4v) is 3.52. The standard InChI is InChI=1S/C19H26NO2.C9H8O.K/c1-4-14(2)12-16-13-17(10-11-18(16)22-3)20-19(21)15-8-6-5-7-9-15;1-7-4-3-5-9(6-10)8(7)2;/h5,10-13,15H,4,6-9H2,1-3H3,(H,20,21);3-5H,2H2,1H3;/q-1;-2;+1/b14-12+;;. The zero-order chi connectivity index (χ0) is 23.5. The molecule has 0 heterocycles. The number of ether oxygens (including phenoxy) is 1. The van der Waals surface area contributed by atoms with Crippen molar-refractivity contribution in [2.45, 2.75) is 52.9 Å². The number of amides is 1. The number of rotatable bonds is 6. The van der Waals surface area contributed by atoms with Crippen molar-refractivity contribution < 1.29 is 65.7 Å². The van der Waals surface area contributed by atoms with Crippen molar-refractivity contribution in [1.29, 1.82) is 0 Å². The minimum Gasteiger partial charge on any atom is -0.496 e. The normalized spacial score (nSPS) is 13.8. The largest absolute Gasteiger partial charge is 1.00 e. The smallest absolute Gasteiger partial charge is 0.496 e. The van der Waals surface area contributed by atoms with E-state index in [9.17, 15) is 9.59 Å². The monoisotopic (exact) mass is 471 g/mol. The van der Waals surface area contributed by atoms with Gasteiger partial charge in [0.25, 0.3) is 0 Å². The molecule has 0 spiro atoms. The number of hydrogen-bond acceptors (Lipinski definition) is 3. The predicted octanol–water partition coefficient (Wildman–Crippen LogP) is 3.48. The number of methoxy groups -OCH3 is 1. The Balaban J connectivity index is 0.000000417. The summed E-state index contributed by atoms with van der Waals surface area (Å²) < 4.78 is 5.41. The van der Waals surface area contributed by atoms with Crippen molar-refractivity contribution in [3.05, 3.63) is 77.6 Å². The molecule has 1 amide bonds. The van der Waals surface area contributed by atoms with Gasteiger partial charge < -0.3 is 21.3 Å². The van der Waals surface area contributed by atoms with E-state index < -0.39 is 0 Å². The van der Waals surface area contributed by atoms with Crippen LogP contribution in [0.1, 0.15) is 68.2 Å². The van der Waals surface area contributed by atoms with Crippen LogP contribution in [0.3, 0.4) is 0 Å². The van der Waals surface area contributed by atoms with Crippen LogP contribution in [0.15, 0.2) is 42.0 Å². The molecule has 172 valence electrons. The molecule has 0 radical (unpaired) electrons. The van der Waals surface area contributed by atoms with Gasteiger partial charge in [0.05, 0.1) is 7.11 Å². The number of carbonyl (C=O) groups is 1. The Bertz CT molecular complexity index is 946. The topological polar surface area (TPSA) is 55.4 Å². The van der Waals surface area contributed by atoms with E-state index in [2.05, 4.69) is 38.6 Å². The van der Waals surface area contributed by atoms with Crippen molar-refractivity contribution >= 4 is 24.0 Å². The minimum atomic E-state index is 0. The van der Waals surface area contributed by atoms with Gasteiger partial charge in [-0.1, -0.05) is 38.3 Å². The SMILES string of the molecule is CC/C(C)=C/c1cc(NC(=O)C2CC[CH-]CC2)ccc1OC.[CH2-]c1c(C)cccc1[C-]=O.[K+]. The fourth-order valence-electron chi connectivity index (χ4n) is 3.52. The van der Waals surface area contributed by atoms with Crippen LogP contribution in [0.2, 0.25) is 0 Å². The van der Waals surface area contributed by atoms with Crippen molar-refractivity contribution in [3.8, 4) is 5.75 Å². The molecule has 0 aromatic heterocycles. The number of nitrogens with one attached hydrogen (secondary N) is 1. The van der Waals surface area contributed by atoms with Crippen LogP contribution in [0, 0.1) is 26.2 Å². The maximum atomic E-state index is 12.3. The minimum absolute atomic E-state index is 0. The molecule has 1 aliphatic rings. The molecule has 1 N–H and O–H groups in total. The van der Waals surface area contributed by atoms with Gasteiger partial charge in [-0.25, -0.2) is 11.6 Å². The number of anilines is 1. The first kappa shape index (κ1) is 29.7. The Kier molecular flexibility index (Phi) is 13.9. The van der Waals surface area contributed by atoms with Gasteiger partial charge in [0.15, 0.2) is 0 Å². The molecule has 2 aromatic carbocycles. The summed E-state index contributed by atoms with van der Waals surface area (Å²) in [6, 6.07) is 11.3. The number of hydrogen-bond donors (Lipinski definition) is 1. The molecule has 2 aromatic rings. The summed E-state index contributed by atoms with van der Waals surface area (Å²) in [4.78, 5) is 22.6. The van der Waals surface area contributed by atoms with Gasteiger partial charge in [0, 0.05) is 17.2 Å². The quantitative estimate of drug-likeness (QED) is 0.518. The molecular weight excluding hydrogens is 437 g/mol. The number of benzene rings is 2. The third-order valence-electron chi connectivity index (χ3n) is 5.79. The zero-order valence-electron chi connectivity index (χ0n) is 20.7. The summed E-state index contributed by atoms with van der Waals surface area (Å²) in [6.07, 6.45) is 11.2. The molecule has 33 heavy (non-hydrogen) atoms. The Labute approximate surface area is 242 Å². The Morgan fingerprint density at radius 1 is 1.27 bits per heavy atom. The Morgan fingerprint density at radius 3 is 2.55 bits per heavy atom. The van der Waals surface area contributed by atoms with E-state index in [1.54, 1.807) is 13.2 Å². The zero-order valence-corrected chi connectivity index (χ0v) is 23.8. The summed E-state index contributed by atoms with van der Waals surface area (Å²) in [6.45, 7) is 9.88. The first-order valence-corrected chi connectivity index (χ1v) is 11.2. The van der Waals surface area contributed by atoms with E-state index in [4.69, 9.17) is 4.74 Å². The average Bonchev–Trinajstić information content (AvgIpc) is 2.82. The van der Waals surface area contributed by atoms with Crippen LogP contribution in [0.5, 0.6) is 5.75 Å². The molecular formula is C28H34KNO3-2. The molecule has 5 heteroatoms. The van der Waals surface area contributed by atoms with Crippen molar-refractivity contribution in [2.75, 3.05) is 12.4 Å². The number of allylic oxidation sites excluding steroid dienone is 1. The molecule has 0 unspecified atom stereocenters. The number of aryl methyl sites for hydroxylation is 1. The second kappa shape index (κ2) is 15.5. The molecule has 3 rings (SSSR count). The molecule has 4 nitrogen and oxygen atoms in total. The third kappa shape index (κ3) is 9.42. The molecule has 0 bridgehead atoms. The summed E-state index contributed by atoms with van der Waals surface area (Å²) in [5.41, 5.74) is 5.50. The third-order valence-corrected chi connectivity index (χ3v) is 5.79. The van der Waals surface area contributed by atoms with Crippen LogP contribution in [-0.2, 0) is 9.59 Å². The maximum absolute atomic E-state index is 12.3. The summed E-state index contributed by atoms with van der Waals surface area (Å²) in [5, 5.41) is 3.06. The van der Waals surface area contributed by atoms with Gasteiger partial charge >= 0.3 is 51.4 Å². The van der Waals surface area contributed by atoms with E-state index in [0.717, 1.165) is 60.2 Å². The van der Waals surface area contributed by atoms with Crippen LogP contribution >= 0.6 is 0 Å². The summed E-state index contributed by atoms with van der Waals surface area (Å²) in [5.74, 6) is 1.11. The van der Waals surface area contributed by atoms with Gasteiger partial charge in [0.2, 0.25) is 5.91 Å². The molecule has 0 saturated heterocycles. The van der Waals surface area contributed by atoms with Crippen LogP contribution in [-0.4, -0.2) is 19.3 Å². The van der Waals surface area contributed by atoms with Gasteiger partial charge in [-0.05, 0) is 37.8 Å². The summed E-state index contributed by atoms with van der Waals surface area (Å²) >= 11 is 0. The van der Waals surface area contributed by atoms with Gasteiger partial charge in [-0.3, -0.25) is 22.8 Å². The van der Waals surface area contributed by atoms with Gasteiger partial charge in [-0.15, -0.1) is 12.1 Å². The fraction of sp³-hybridized carbons (Fsp3) is 0.357. The Hall–Kier alpha value is -1.37. The van der Waals surface area contributed by atoms with Crippen LogP contribution in [0.25, 0.3) is 6.08 Å².